The first-order valence-corrected chi connectivity index (χ1v) is 5.45. The quantitative estimate of drug-likeness (QED) is 0.595. The van der Waals surface area contributed by atoms with Gasteiger partial charge in [0.2, 0.25) is 0 Å². The molecular weight excluding hydrogens is 268 g/mol. The molecule has 0 saturated heterocycles. The lowest BCUT2D eigenvalue weighted by molar-refractivity contribution is 0.605. The van der Waals surface area contributed by atoms with E-state index in [1.807, 2.05) is 0 Å². The smallest absolute Gasteiger partial charge is 0.0813 e. The summed E-state index contributed by atoms with van der Waals surface area (Å²) >= 11 is 7.37. The van der Waals surface area contributed by atoms with E-state index < -0.39 is 0 Å². The van der Waals surface area contributed by atoms with Crippen molar-refractivity contribution in [1.29, 1.82) is 0 Å². The molecule has 3 unspecified atom stereocenters. The second-order valence-electron chi connectivity index (χ2n) is 3.36. The molecular formula is C9H10Br2. The highest BCUT2D eigenvalue weighted by Crippen LogP contribution is 2.66. The second kappa shape index (κ2) is 2.46. The number of halogens is 2. The molecule has 0 aromatic rings. The maximum absolute atomic E-state index is 3.69. The zero-order valence-corrected chi connectivity index (χ0v) is 9.47. The minimum Gasteiger partial charge on any atom is -0.0813 e. The van der Waals surface area contributed by atoms with E-state index in [1.165, 1.54) is 0 Å². The van der Waals surface area contributed by atoms with Gasteiger partial charge in [-0.25, -0.2) is 0 Å². The molecule has 2 heteroatoms. The van der Waals surface area contributed by atoms with E-state index in [0.717, 1.165) is 5.92 Å². The lowest BCUT2D eigenvalue weighted by atomic mass is 10.1. The Morgan fingerprint density at radius 1 is 1.18 bits per heavy atom. The van der Waals surface area contributed by atoms with Gasteiger partial charge in [0.1, 0.15) is 0 Å². The van der Waals surface area contributed by atoms with E-state index >= 15 is 0 Å². The number of allylic oxidation sites excluding steroid dienone is 4. The fraction of sp³-hybridized carbons (Fsp3) is 0.556. The monoisotopic (exact) mass is 276 g/mol. The third-order valence-electron chi connectivity index (χ3n) is 2.58. The van der Waals surface area contributed by atoms with Crippen LogP contribution in [0.2, 0.25) is 0 Å². The second-order valence-corrected chi connectivity index (χ2v) is 7.04. The van der Waals surface area contributed by atoms with Crippen LogP contribution in [0, 0.1) is 17.8 Å². The van der Waals surface area contributed by atoms with Crippen LogP contribution in [0.15, 0.2) is 24.3 Å². The van der Waals surface area contributed by atoms with E-state index in [9.17, 15) is 0 Å². The normalized spacial score (nSPS) is 44.8. The topological polar surface area (TPSA) is 0 Å². The Bertz CT molecular complexity index is 228. The lowest BCUT2D eigenvalue weighted by Crippen LogP contribution is -1.98. The van der Waals surface area contributed by atoms with Crippen molar-refractivity contribution in [1.82, 2.24) is 0 Å². The Labute approximate surface area is 84.0 Å². The molecule has 1 saturated carbocycles. The summed E-state index contributed by atoms with van der Waals surface area (Å²) in [6.45, 7) is 2.27. The SMILES string of the molecule is CC1C=CC=CC2C1C2(Br)Br. The molecule has 2 aliphatic carbocycles. The number of hydrogen-bond acceptors (Lipinski definition) is 0. The molecule has 0 amide bonds. The zero-order chi connectivity index (χ0) is 8.06. The number of rotatable bonds is 0. The van der Waals surface area contributed by atoms with Crippen LogP contribution in [0.4, 0.5) is 0 Å². The van der Waals surface area contributed by atoms with Gasteiger partial charge in [-0.1, -0.05) is 63.1 Å². The van der Waals surface area contributed by atoms with Crippen molar-refractivity contribution >= 4 is 31.9 Å². The molecule has 0 N–H and O–H groups in total. The van der Waals surface area contributed by atoms with Crippen molar-refractivity contribution < 1.29 is 0 Å². The van der Waals surface area contributed by atoms with Crippen molar-refractivity contribution in [2.45, 2.75) is 10.2 Å². The van der Waals surface area contributed by atoms with Crippen LogP contribution in [-0.2, 0) is 0 Å². The van der Waals surface area contributed by atoms with Gasteiger partial charge in [0.05, 0.1) is 3.23 Å². The van der Waals surface area contributed by atoms with Gasteiger partial charge in [-0.3, -0.25) is 0 Å². The molecule has 3 atom stereocenters. The summed E-state index contributed by atoms with van der Waals surface area (Å²) in [4.78, 5) is 0. The molecule has 0 aromatic carbocycles. The fourth-order valence-electron chi connectivity index (χ4n) is 1.84. The van der Waals surface area contributed by atoms with Crippen molar-refractivity contribution in [3.63, 3.8) is 0 Å². The molecule has 0 radical (unpaired) electrons. The van der Waals surface area contributed by atoms with Gasteiger partial charge >= 0.3 is 0 Å². The van der Waals surface area contributed by atoms with E-state index in [-0.39, 0.29) is 3.23 Å². The largest absolute Gasteiger partial charge is 0.0911 e. The van der Waals surface area contributed by atoms with Crippen LogP contribution in [0.1, 0.15) is 6.92 Å². The fourth-order valence-corrected chi connectivity index (χ4v) is 3.86. The maximum Gasteiger partial charge on any atom is 0.0911 e. The minimum absolute atomic E-state index is 0.195. The molecule has 2 rings (SSSR count). The average Bonchev–Trinajstić information content (AvgIpc) is 2.52. The van der Waals surface area contributed by atoms with Gasteiger partial charge in [0, 0.05) is 5.92 Å². The van der Waals surface area contributed by atoms with Gasteiger partial charge in [-0.05, 0) is 11.8 Å². The first-order valence-electron chi connectivity index (χ1n) is 3.87. The van der Waals surface area contributed by atoms with Crippen LogP contribution >= 0.6 is 31.9 Å². The molecule has 0 heterocycles. The van der Waals surface area contributed by atoms with Crippen molar-refractivity contribution in [3.05, 3.63) is 24.3 Å². The molecule has 11 heavy (non-hydrogen) atoms. The van der Waals surface area contributed by atoms with Crippen molar-refractivity contribution in [2.24, 2.45) is 17.8 Å². The highest BCUT2D eigenvalue weighted by Gasteiger charge is 2.62. The summed E-state index contributed by atoms with van der Waals surface area (Å²) in [6.07, 6.45) is 8.83. The molecule has 0 bridgehead atoms. The molecule has 0 aliphatic heterocycles. The van der Waals surface area contributed by atoms with Crippen LogP contribution in [0.3, 0.4) is 0 Å². The van der Waals surface area contributed by atoms with Gasteiger partial charge in [-0.2, -0.15) is 0 Å². The molecule has 0 nitrogen and oxygen atoms in total. The highest BCUT2D eigenvalue weighted by atomic mass is 79.9. The minimum atomic E-state index is 0.195. The number of fused-ring (bicyclic) bond motifs is 1. The number of hydrogen-bond donors (Lipinski definition) is 0. The van der Waals surface area contributed by atoms with Crippen LogP contribution < -0.4 is 0 Å². The molecule has 2 aliphatic rings. The standard InChI is InChI=1S/C9H10Br2/c1-6-4-2-3-5-7-8(6)9(7,10)11/h2-8H,1H3. The maximum atomic E-state index is 3.69. The summed E-state index contributed by atoms with van der Waals surface area (Å²) < 4.78 is 0.195. The summed E-state index contributed by atoms with van der Waals surface area (Å²) in [6, 6.07) is 0. The predicted octanol–water partition coefficient (Wildman–Crippen LogP) is 3.48. The predicted molar refractivity (Wildman–Crippen MR) is 55.0 cm³/mol. The average molecular weight is 278 g/mol. The van der Waals surface area contributed by atoms with Gasteiger partial charge < -0.3 is 0 Å². The Balaban J connectivity index is 2.24. The van der Waals surface area contributed by atoms with Gasteiger partial charge in [0.15, 0.2) is 0 Å². The highest BCUT2D eigenvalue weighted by molar-refractivity contribution is 9.25. The Kier molecular flexibility index (Phi) is 1.80. The van der Waals surface area contributed by atoms with E-state index in [4.69, 9.17) is 0 Å². The Hall–Kier alpha value is 0.440. The van der Waals surface area contributed by atoms with Crippen LogP contribution in [0.5, 0.6) is 0 Å². The summed E-state index contributed by atoms with van der Waals surface area (Å²) in [5.41, 5.74) is 0. The number of alkyl halides is 2. The zero-order valence-electron chi connectivity index (χ0n) is 6.30. The summed E-state index contributed by atoms with van der Waals surface area (Å²) in [5, 5.41) is 0. The third-order valence-corrected chi connectivity index (χ3v) is 4.69. The van der Waals surface area contributed by atoms with Gasteiger partial charge in [0.25, 0.3) is 0 Å². The molecule has 0 spiro atoms. The Morgan fingerprint density at radius 2 is 1.82 bits per heavy atom. The first kappa shape index (κ1) is 8.06. The van der Waals surface area contributed by atoms with Gasteiger partial charge in [-0.15, -0.1) is 0 Å². The summed E-state index contributed by atoms with van der Waals surface area (Å²) in [7, 11) is 0. The summed E-state index contributed by atoms with van der Waals surface area (Å²) in [5.74, 6) is 2.08. The van der Waals surface area contributed by atoms with Crippen LogP contribution in [-0.4, -0.2) is 3.23 Å². The molecule has 1 fully saturated rings. The van der Waals surface area contributed by atoms with E-state index in [1.54, 1.807) is 0 Å². The first-order chi connectivity index (χ1) is 5.14. The van der Waals surface area contributed by atoms with E-state index in [2.05, 4.69) is 63.1 Å². The Morgan fingerprint density at radius 3 is 2.55 bits per heavy atom. The van der Waals surface area contributed by atoms with Crippen molar-refractivity contribution in [2.75, 3.05) is 0 Å². The van der Waals surface area contributed by atoms with Crippen LogP contribution in [0.25, 0.3) is 0 Å². The molecule has 60 valence electrons. The third kappa shape index (κ3) is 1.15. The van der Waals surface area contributed by atoms with Crippen molar-refractivity contribution in [3.8, 4) is 0 Å². The van der Waals surface area contributed by atoms with E-state index in [0.29, 0.717) is 11.8 Å². The lowest BCUT2D eigenvalue weighted by Gasteiger charge is -2.03. The molecule has 0 aromatic heterocycles.